The molecule has 0 amide bonds. The zero-order chi connectivity index (χ0) is 30.5. The van der Waals surface area contributed by atoms with Crippen LogP contribution in [0, 0.1) is 0 Å². The number of rotatable bonds is 4. The molecule has 9 aromatic rings. The maximum absolute atomic E-state index is 2.36. The van der Waals surface area contributed by atoms with Crippen molar-refractivity contribution in [3.8, 4) is 44.5 Å². The van der Waals surface area contributed by atoms with Crippen LogP contribution in [0.2, 0.25) is 0 Å². The van der Waals surface area contributed by atoms with E-state index in [4.69, 9.17) is 0 Å². The minimum atomic E-state index is 1.22. The van der Waals surface area contributed by atoms with E-state index in [1.54, 1.807) is 0 Å². The van der Waals surface area contributed by atoms with Crippen molar-refractivity contribution in [2.75, 3.05) is 0 Å². The molecule has 0 N–H and O–H groups in total. The third-order valence-corrected chi connectivity index (χ3v) is 9.44. The lowest BCUT2D eigenvalue weighted by Gasteiger charge is -2.20. The summed E-state index contributed by atoms with van der Waals surface area (Å²) in [5.41, 5.74) is 10.0. The van der Waals surface area contributed by atoms with Gasteiger partial charge in [0.1, 0.15) is 0 Å². The van der Waals surface area contributed by atoms with Crippen LogP contribution in [-0.4, -0.2) is 0 Å². The van der Waals surface area contributed by atoms with Gasteiger partial charge in [-0.3, -0.25) is 0 Å². The summed E-state index contributed by atoms with van der Waals surface area (Å²) >= 11 is 0. The van der Waals surface area contributed by atoms with Crippen LogP contribution in [0.3, 0.4) is 0 Å². The molecule has 0 bridgehead atoms. The molecule has 0 atom stereocenters. The SMILES string of the molecule is c1ccc(-c2ccc(-c3c4ccccc4c(-c4cccc(-c5ccc6ccccc6c5)c4)c4ccccc34)c3ccccc23)cc1. The molecule has 46 heavy (non-hydrogen) atoms. The zero-order valence-corrected chi connectivity index (χ0v) is 25.3. The highest BCUT2D eigenvalue weighted by Gasteiger charge is 2.19. The molecular weight excluding hydrogens is 553 g/mol. The van der Waals surface area contributed by atoms with Gasteiger partial charge in [0, 0.05) is 0 Å². The lowest BCUT2D eigenvalue weighted by molar-refractivity contribution is 1.62. The molecule has 0 heterocycles. The van der Waals surface area contributed by atoms with Crippen molar-refractivity contribution >= 4 is 43.1 Å². The smallest absolute Gasteiger partial charge is 0.00201 e. The number of benzene rings is 9. The molecule has 0 heteroatoms. The van der Waals surface area contributed by atoms with Crippen LogP contribution in [-0.2, 0) is 0 Å². The number of hydrogen-bond donors (Lipinski definition) is 0. The van der Waals surface area contributed by atoms with E-state index < -0.39 is 0 Å². The van der Waals surface area contributed by atoms with Crippen molar-refractivity contribution in [3.05, 3.63) is 182 Å². The lowest BCUT2D eigenvalue weighted by Crippen LogP contribution is -1.92. The Bertz CT molecular complexity index is 2520. The Kier molecular flexibility index (Phi) is 6.25. The van der Waals surface area contributed by atoms with Crippen LogP contribution >= 0.6 is 0 Å². The van der Waals surface area contributed by atoms with Crippen molar-refractivity contribution in [2.45, 2.75) is 0 Å². The number of fused-ring (bicyclic) bond motifs is 4. The van der Waals surface area contributed by atoms with Crippen LogP contribution in [0.15, 0.2) is 182 Å². The monoisotopic (exact) mass is 582 g/mol. The van der Waals surface area contributed by atoms with E-state index in [0.717, 1.165) is 0 Å². The quantitative estimate of drug-likeness (QED) is 0.181. The molecule has 9 aromatic carbocycles. The third kappa shape index (κ3) is 4.30. The molecule has 0 unspecified atom stereocenters. The van der Waals surface area contributed by atoms with Gasteiger partial charge >= 0.3 is 0 Å². The maximum atomic E-state index is 2.36. The van der Waals surface area contributed by atoms with Gasteiger partial charge in [0.15, 0.2) is 0 Å². The molecule has 0 spiro atoms. The zero-order valence-electron chi connectivity index (χ0n) is 25.3. The average molecular weight is 583 g/mol. The first-order valence-electron chi connectivity index (χ1n) is 15.9. The summed E-state index contributed by atoms with van der Waals surface area (Å²) < 4.78 is 0. The van der Waals surface area contributed by atoms with Crippen LogP contribution in [0.25, 0.3) is 87.6 Å². The van der Waals surface area contributed by atoms with Gasteiger partial charge in [-0.15, -0.1) is 0 Å². The molecule has 0 nitrogen and oxygen atoms in total. The van der Waals surface area contributed by atoms with Gasteiger partial charge in [0.2, 0.25) is 0 Å². The number of hydrogen-bond acceptors (Lipinski definition) is 0. The molecule has 0 aliphatic rings. The van der Waals surface area contributed by atoms with E-state index in [1.165, 1.54) is 87.6 Å². The summed E-state index contributed by atoms with van der Waals surface area (Å²) in [5, 5.41) is 10.1. The fourth-order valence-electron chi connectivity index (χ4n) is 7.34. The Hall–Kier alpha value is -5.98. The highest BCUT2D eigenvalue weighted by Crippen LogP contribution is 2.46. The molecule has 214 valence electrons. The molecule has 0 radical (unpaired) electrons. The largest absolute Gasteiger partial charge is 0.0622 e. The van der Waals surface area contributed by atoms with Crippen LogP contribution in [0.5, 0.6) is 0 Å². The molecule has 0 saturated carbocycles. The summed E-state index contributed by atoms with van der Waals surface area (Å²) in [6, 6.07) is 66.5. The normalized spacial score (nSPS) is 11.5. The summed E-state index contributed by atoms with van der Waals surface area (Å²) in [6.45, 7) is 0. The van der Waals surface area contributed by atoms with E-state index >= 15 is 0 Å². The summed E-state index contributed by atoms with van der Waals surface area (Å²) in [5.74, 6) is 0. The fraction of sp³-hybridized carbons (Fsp3) is 0. The van der Waals surface area contributed by atoms with Crippen molar-refractivity contribution < 1.29 is 0 Å². The fourth-order valence-corrected chi connectivity index (χ4v) is 7.34. The van der Waals surface area contributed by atoms with E-state index in [2.05, 4.69) is 182 Å². The van der Waals surface area contributed by atoms with E-state index in [-0.39, 0.29) is 0 Å². The van der Waals surface area contributed by atoms with Gasteiger partial charge in [0.05, 0.1) is 0 Å². The van der Waals surface area contributed by atoms with E-state index in [0.29, 0.717) is 0 Å². The van der Waals surface area contributed by atoms with Crippen molar-refractivity contribution in [3.63, 3.8) is 0 Å². The predicted molar refractivity (Wildman–Crippen MR) is 198 cm³/mol. The second kappa shape index (κ2) is 10.9. The standard InChI is InChI=1S/C46H30/c1-2-14-32(15-3-1)37-27-28-44(39-20-7-6-19-38(37)39)46-42-23-10-8-21-40(42)45(41-22-9-11-24-43(41)46)36-18-12-17-34(30-36)35-26-25-31-13-4-5-16-33(31)29-35/h1-30H. The first-order chi connectivity index (χ1) is 22.8. The molecule has 0 aliphatic carbocycles. The highest BCUT2D eigenvalue weighted by molar-refractivity contribution is 6.24. The second-order valence-electron chi connectivity index (χ2n) is 12.1. The Morgan fingerprint density at radius 1 is 0.217 bits per heavy atom. The summed E-state index contributed by atoms with van der Waals surface area (Å²) in [4.78, 5) is 0. The first kappa shape index (κ1) is 26.4. The molecule has 0 saturated heterocycles. The van der Waals surface area contributed by atoms with Gasteiger partial charge in [-0.05, 0) is 99.7 Å². The molecule has 9 rings (SSSR count). The third-order valence-electron chi connectivity index (χ3n) is 9.44. The van der Waals surface area contributed by atoms with Gasteiger partial charge < -0.3 is 0 Å². The van der Waals surface area contributed by atoms with E-state index in [9.17, 15) is 0 Å². The summed E-state index contributed by atoms with van der Waals surface area (Å²) in [7, 11) is 0. The van der Waals surface area contributed by atoms with Crippen molar-refractivity contribution in [1.82, 2.24) is 0 Å². The van der Waals surface area contributed by atoms with E-state index in [1.807, 2.05) is 0 Å². The Morgan fingerprint density at radius 3 is 1.39 bits per heavy atom. The van der Waals surface area contributed by atoms with Gasteiger partial charge in [-0.2, -0.15) is 0 Å². The Morgan fingerprint density at radius 2 is 0.696 bits per heavy atom. The van der Waals surface area contributed by atoms with Crippen LogP contribution in [0.1, 0.15) is 0 Å². The lowest BCUT2D eigenvalue weighted by atomic mass is 9.83. The van der Waals surface area contributed by atoms with Crippen molar-refractivity contribution in [1.29, 1.82) is 0 Å². The van der Waals surface area contributed by atoms with Crippen LogP contribution < -0.4 is 0 Å². The average Bonchev–Trinajstić information content (AvgIpc) is 3.13. The second-order valence-corrected chi connectivity index (χ2v) is 12.1. The molecular formula is C46H30. The van der Waals surface area contributed by atoms with Gasteiger partial charge in [-0.25, -0.2) is 0 Å². The Labute approximate surface area is 268 Å². The molecule has 0 aliphatic heterocycles. The van der Waals surface area contributed by atoms with Crippen molar-refractivity contribution in [2.24, 2.45) is 0 Å². The minimum Gasteiger partial charge on any atom is -0.0622 e. The van der Waals surface area contributed by atoms with Gasteiger partial charge in [-0.1, -0.05) is 170 Å². The highest BCUT2D eigenvalue weighted by atomic mass is 14.2. The molecule has 0 aromatic heterocycles. The predicted octanol–water partition coefficient (Wildman–Crippen LogP) is 13.0. The van der Waals surface area contributed by atoms with Crippen LogP contribution in [0.4, 0.5) is 0 Å². The topological polar surface area (TPSA) is 0 Å². The Balaban J connectivity index is 1.30. The maximum Gasteiger partial charge on any atom is -0.00201 e. The first-order valence-corrected chi connectivity index (χ1v) is 15.9. The molecule has 0 fully saturated rings. The minimum absolute atomic E-state index is 1.22. The summed E-state index contributed by atoms with van der Waals surface area (Å²) in [6.07, 6.45) is 0. The van der Waals surface area contributed by atoms with Gasteiger partial charge in [0.25, 0.3) is 0 Å².